The molecule has 14 heavy (non-hydrogen) atoms. The van der Waals surface area contributed by atoms with Crippen molar-refractivity contribution >= 4 is 0 Å². The molecule has 0 saturated heterocycles. The zero-order chi connectivity index (χ0) is 10.6. The van der Waals surface area contributed by atoms with Crippen molar-refractivity contribution in [3.8, 4) is 0 Å². The van der Waals surface area contributed by atoms with Gasteiger partial charge in [0.15, 0.2) is 0 Å². The summed E-state index contributed by atoms with van der Waals surface area (Å²) in [6.45, 7) is 10.7. The predicted octanol–water partition coefficient (Wildman–Crippen LogP) is 1.93. The van der Waals surface area contributed by atoms with Crippen molar-refractivity contribution in [3.05, 3.63) is 35.7 Å². The van der Waals surface area contributed by atoms with Gasteiger partial charge in [-0.2, -0.15) is 10.2 Å². The number of hydrogen-bond donors (Lipinski definition) is 1. The van der Waals surface area contributed by atoms with Crippen LogP contribution in [0.4, 0.5) is 0 Å². The second kappa shape index (κ2) is 4.86. The molecule has 76 valence electrons. The first-order valence-electron chi connectivity index (χ1n) is 4.85. The third kappa shape index (κ3) is 2.39. The number of aryl methyl sites for hydroxylation is 2. The highest BCUT2D eigenvalue weighted by Crippen LogP contribution is 2.16. The van der Waals surface area contributed by atoms with Crippen LogP contribution in [0.25, 0.3) is 0 Å². The maximum atomic E-state index is 4.09. The normalized spacial score (nSPS) is 12.5. The summed E-state index contributed by atoms with van der Waals surface area (Å²) < 4.78 is 0. The van der Waals surface area contributed by atoms with Crippen LogP contribution in [-0.4, -0.2) is 16.7 Å². The lowest BCUT2D eigenvalue weighted by Crippen LogP contribution is -2.20. The first kappa shape index (κ1) is 10.9. The molecule has 0 amide bonds. The fraction of sp³-hybridized carbons (Fsp3) is 0.455. The summed E-state index contributed by atoms with van der Waals surface area (Å²) in [4.78, 5) is 0. The third-order valence-corrected chi connectivity index (χ3v) is 2.13. The van der Waals surface area contributed by atoms with Crippen LogP contribution in [0, 0.1) is 13.8 Å². The van der Waals surface area contributed by atoms with Gasteiger partial charge in [0, 0.05) is 0 Å². The number of rotatable bonds is 4. The predicted molar refractivity (Wildman–Crippen MR) is 58.1 cm³/mol. The molecule has 1 aromatic rings. The van der Waals surface area contributed by atoms with Crippen LogP contribution in [0.3, 0.4) is 0 Å². The van der Waals surface area contributed by atoms with Crippen molar-refractivity contribution in [1.82, 2.24) is 15.5 Å². The van der Waals surface area contributed by atoms with Crippen LogP contribution in [0.15, 0.2) is 18.7 Å². The average Bonchev–Trinajstić information content (AvgIpc) is 2.18. The molecule has 1 atom stereocenters. The maximum Gasteiger partial charge on any atom is 0.0651 e. The van der Waals surface area contributed by atoms with E-state index in [0.29, 0.717) is 0 Å². The number of aromatic nitrogens is 2. The highest BCUT2D eigenvalue weighted by molar-refractivity contribution is 5.26. The van der Waals surface area contributed by atoms with E-state index < -0.39 is 0 Å². The van der Waals surface area contributed by atoms with Gasteiger partial charge in [-0.3, -0.25) is 0 Å². The number of nitrogens with zero attached hydrogens (tertiary/aromatic N) is 2. The van der Waals surface area contributed by atoms with Crippen molar-refractivity contribution in [2.75, 3.05) is 6.54 Å². The molecule has 0 fully saturated rings. The standard InChI is InChI=1S/C11H17N3/c1-5-11(12-6-2)10-7-8(3)13-14-9(10)4/h5,7,11-12H,1,6H2,2-4H3. The fourth-order valence-corrected chi connectivity index (χ4v) is 1.42. The van der Waals surface area contributed by atoms with Crippen molar-refractivity contribution in [1.29, 1.82) is 0 Å². The molecule has 1 aromatic heterocycles. The van der Waals surface area contributed by atoms with Gasteiger partial charge in [0.25, 0.3) is 0 Å². The largest absolute Gasteiger partial charge is 0.307 e. The Kier molecular flexibility index (Phi) is 3.77. The van der Waals surface area contributed by atoms with Crippen LogP contribution in [0.5, 0.6) is 0 Å². The van der Waals surface area contributed by atoms with E-state index in [-0.39, 0.29) is 6.04 Å². The second-order valence-electron chi connectivity index (χ2n) is 3.30. The van der Waals surface area contributed by atoms with Gasteiger partial charge in [0.05, 0.1) is 17.4 Å². The lowest BCUT2D eigenvalue weighted by atomic mass is 10.1. The first-order chi connectivity index (χ1) is 6.69. The van der Waals surface area contributed by atoms with E-state index in [1.165, 1.54) is 0 Å². The van der Waals surface area contributed by atoms with Gasteiger partial charge >= 0.3 is 0 Å². The third-order valence-electron chi connectivity index (χ3n) is 2.13. The lowest BCUT2D eigenvalue weighted by molar-refractivity contribution is 0.638. The zero-order valence-corrected chi connectivity index (χ0v) is 9.04. The van der Waals surface area contributed by atoms with E-state index in [4.69, 9.17) is 0 Å². The van der Waals surface area contributed by atoms with Gasteiger partial charge in [0.2, 0.25) is 0 Å². The summed E-state index contributed by atoms with van der Waals surface area (Å²) in [5.74, 6) is 0. The molecular formula is C11H17N3. The topological polar surface area (TPSA) is 37.8 Å². The first-order valence-corrected chi connectivity index (χ1v) is 4.85. The van der Waals surface area contributed by atoms with Crippen LogP contribution >= 0.6 is 0 Å². The molecule has 0 bridgehead atoms. The van der Waals surface area contributed by atoms with Gasteiger partial charge in [0.1, 0.15) is 0 Å². The minimum absolute atomic E-state index is 0.175. The van der Waals surface area contributed by atoms with E-state index in [0.717, 1.165) is 23.5 Å². The van der Waals surface area contributed by atoms with Gasteiger partial charge in [-0.25, -0.2) is 0 Å². The number of nitrogens with one attached hydrogen (secondary N) is 1. The number of hydrogen-bond acceptors (Lipinski definition) is 3. The molecule has 0 saturated carbocycles. The summed E-state index contributed by atoms with van der Waals surface area (Å²) in [5.41, 5.74) is 3.06. The van der Waals surface area contributed by atoms with E-state index >= 15 is 0 Å². The molecular weight excluding hydrogens is 174 g/mol. The van der Waals surface area contributed by atoms with E-state index in [1.807, 2.05) is 19.9 Å². The van der Waals surface area contributed by atoms with E-state index in [2.05, 4.69) is 35.1 Å². The van der Waals surface area contributed by atoms with Crippen molar-refractivity contribution in [2.24, 2.45) is 0 Å². The second-order valence-corrected chi connectivity index (χ2v) is 3.30. The molecule has 0 spiro atoms. The van der Waals surface area contributed by atoms with Crippen molar-refractivity contribution in [3.63, 3.8) is 0 Å². The Morgan fingerprint density at radius 2 is 2.21 bits per heavy atom. The summed E-state index contributed by atoms with van der Waals surface area (Å²) in [6, 6.07) is 2.23. The van der Waals surface area contributed by atoms with Gasteiger partial charge < -0.3 is 5.32 Å². The fourth-order valence-electron chi connectivity index (χ4n) is 1.42. The lowest BCUT2D eigenvalue weighted by Gasteiger charge is -2.15. The van der Waals surface area contributed by atoms with Crippen molar-refractivity contribution < 1.29 is 0 Å². The molecule has 0 radical (unpaired) electrons. The molecule has 3 nitrogen and oxygen atoms in total. The Morgan fingerprint density at radius 3 is 2.79 bits per heavy atom. The smallest absolute Gasteiger partial charge is 0.0651 e. The number of likely N-dealkylation sites (N-methyl/N-ethyl adjacent to an activating group) is 1. The summed E-state index contributed by atoms with van der Waals surface area (Å²) in [7, 11) is 0. The van der Waals surface area contributed by atoms with Crippen LogP contribution in [0.1, 0.15) is 29.9 Å². The maximum absolute atomic E-state index is 4.09. The minimum atomic E-state index is 0.175. The quantitative estimate of drug-likeness (QED) is 0.739. The molecule has 0 aliphatic heterocycles. The van der Waals surface area contributed by atoms with E-state index in [9.17, 15) is 0 Å². The Balaban J connectivity index is 3.01. The average molecular weight is 191 g/mol. The van der Waals surface area contributed by atoms with Gasteiger partial charge in [-0.05, 0) is 32.0 Å². The summed E-state index contributed by atoms with van der Waals surface area (Å²) in [5, 5.41) is 11.4. The minimum Gasteiger partial charge on any atom is -0.307 e. The molecule has 1 rings (SSSR count). The summed E-state index contributed by atoms with van der Waals surface area (Å²) in [6.07, 6.45) is 1.90. The van der Waals surface area contributed by atoms with Crippen LogP contribution in [-0.2, 0) is 0 Å². The Hall–Kier alpha value is -1.22. The van der Waals surface area contributed by atoms with Crippen molar-refractivity contribution in [2.45, 2.75) is 26.8 Å². The van der Waals surface area contributed by atoms with Gasteiger partial charge in [-0.15, -0.1) is 6.58 Å². The Bertz CT molecular complexity index is 320. The molecule has 3 heteroatoms. The van der Waals surface area contributed by atoms with Gasteiger partial charge in [-0.1, -0.05) is 13.0 Å². The van der Waals surface area contributed by atoms with E-state index in [1.54, 1.807) is 0 Å². The Labute approximate surface area is 85.3 Å². The highest BCUT2D eigenvalue weighted by atomic mass is 15.1. The monoisotopic (exact) mass is 191 g/mol. The molecule has 1 unspecified atom stereocenters. The summed E-state index contributed by atoms with van der Waals surface area (Å²) >= 11 is 0. The zero-order valence-electron chi connectivity index (χ0n) is 9.04. The molecule has 0 aliphatic rings. The molecule has 0 aliphatic carbocycles. The molecule has 0 aromatic carbocycles. The SMILES string of the molecule is C=CC(NCC)c1cc(C)nnc1C. The molecule has 1 N–H and O–H groups in total. The van der Waals surface area contributed by atoms with Crippen LogP contribution in [0.2, 0.25) is 0 Å². The highest BCUT2D eigenvalue weighted by Gasteiger charge is 2.10. The molecule has 1 heterocycles. The van der Waals surface area contributed by atoms with Crippen LogP contribution < -0.4 is 5.32 Å². The Morgan fingerprint density at radius 1 is 1.50 bits per heavy atom.